The smallest absolute Gasteiger partial charge is 0.343 e. The quantitative estimate of drug-likeness (QED) is 0.734. The van der Waals surface area contributed by atoms with Crippen molar-refractivity contribution in [1.82, 2.24) is 10.2 Å². The highest BCUT2D eigenvalue weighted by atomic mass is 16.5. The SMILES string of the molecule is CCOC(=O)c1cn[nH]c1NC(=O)c1cccc(O)c1. The van der Waals surface area contributed by atoms with Crippen LogP contribution in [0.5, 0.6) is 5.75 Å². The summed E-state index contributed by atoms with van der Waals surface area (Å²) < 4.78 is 4.84. The summed E-state index contributed by atoms with van der Waals surface area (Å²) in [5.74, 6) is -0.923. The van der Waals surface area contributed by atoms with Gasteiger partial charge >= 0.3 is 5.97 Å². The predicted molar refractivity (Wildman–Crippen MR) is 70.6 cm³/mol. The van der Waals surface area contributed by atoms with Crippen molar-refractivity contribution in [2.75, 3.05) is 11.9 Å². The molecule has 0 saturated heterocycles. The number of phenols is 1. The van der Waals surface area contributed by atoms with Gasteiger partial charge in [-0.3, -0.25) is 9.89 Å². The highest BCUT2D eigenvalue weighted by molar-refractivity contribution is 6.07. The number of aromatic nitrogens is 2. The summed E-state index contributed by atoms with van der Waals surface area (Å²) in [4.78, 5) is 23.6. The number of carbonyl (C=O) groups is 2. The summed E-state index contributed by atoms with van der Waals surface area (Å²) in [5, 5.41) is 18.0. The molecule has 104 valence electrons. The highest BCUT2D eigenvalue weighted by Crippen LogP contribution is 2.16. The van der Waals surface area contributed by atoms with Crippen molar-refractivity contribution >= 4 is 17.7 Å². The summed E-state index contributed by atoms with van der Waals surface area (Å²) in [7, 11) is 0. The molecule has 2 aromatic rings. The number of ether oxygens (including phenoxy) is 1. The van der Waals surface area contributed by atoms with E-state index in [1.165, 1.54) is 24.4 Å². The lowest BCUT2D eigenvalue weighted by atomic mass is 10.2. The van der Waals surface area contributed by atoms with E-state index in [9.17, 15) is 14.7 Å². The van der Waals surface area contributed by atoms with Crippen molar-refractivity contribution < 1.29 is 19.4 Å². The Bertz CT molecular complexity index is 636. The Balaban J connectivity index is 2.16. The Labute approximate surface area is 114 Å². The molecule has 0 aliphatic carbocycles. The third-order valence-electron chi connectivity index (χ3n) is 2.48. The zero-order valence-electron chi connectivity index (χ0n) is 10.7. The molecule has 0 atom stereocenters. The molecule has 20 heavy (non-hydrogen) atoms. The van der Waals surface area contributed by atoms with Gasteiger partial charge in [0.2, 0.25) is 0 Å². The summed E-state index contributed by atoms with van der Waals surface area (Å²) in [6.07, 6.45) is 1.27. The number of nitrogens with zero attached hydrogens (tertiary/aromatic N) is 1. The summed E-state index contributed by atoms with van der Waals surface area (Å²) in [6, 6.07) is 5.85. The fourth-order valence-electron chi connectivity index (χ4n) is 1.58. The van der Waals surface area contributed by atoms with Crippen LogP contribution in [-0.4, -0.2) is 33.8 Å². The molecule has 2 rings (SSSR count). The zero-order chi connectivity index (χ0) is 14.5. The first-order valence-electron chi connectivity index (χ1n) is 5.92. The molecule has 0 bridgehead atoms. The van der Waals surface area contributed by atoms with E-state index in [1.807, 2.05) is 0 Å². The molecule has 1 aromatic carbocycles. The Kier molecular flexibility index (Phi) is 3.99. The van der Waals surface area contributed by atoms with Gasteiger partial charge in [-0.2, -0.15) is 5.10 Å². The van der Waals surface area contributed by atoms with Crippen molar-refractivity contribution in [1.29, 1.82) is 0 Å². The first kappa shape index (κ1) is 13.6. The number of carbonyl (C=O) groups excluding carboxylic acids is 2. The van der Waals surface area contributed by atoms with E-state index in [0.29, 0.717) is 0 Å². The molecule has 1 amide bonds. The van der Waals surface area contributed by atoms with Crippen LogP contribution in [-0.2, 0) is 4.74 Å². The maximum absolute atomic E-state index is 12.0. The Morgan fingerprint density at radius 3 is 2.95 bits per heavy atom. The molecule has 0 saturated carbocycles. The number of H-pyrrole nitrogens is 1. The third kappa shape index (κ3) is 2.94. The van der Waals surface area contributed by atoms with E-state index in [0.717, 1.165) is 0 Å². The molecule has 0 unspecified atom stereocenters. The topological polar surface area (TPSA) is 104 Å². The van der Waals surface area contributed by atoms with Gasteiger partial charge in [0, 0.05) is 5.56 Å². The van der Waals surface area contributed by atoms with Crippen molar-refractivity contribution in [3.8, 4) is 5.75 Å². The summed E-state index contributed by atoms with van der Waals surface area (Å²) in [6.45, 7) is 1.91. The number of phenolic OH excluding ortho intramolecular Hbond substituents is 1. The molecular weight excluding hydrogens is 262 g/mol. The van der Waals surface area contributed by atoms with E-state index in [2.05, 4.69) is 15.5 Å². The van der Waals surface area contributed by atoms with Crippen LogP contribution in [0.15, 0.2) is 30.5 Å². The van der Waals surface area contributed by atoms with Crippen LogP contribution in [0.25, 0.3) is 0 Å². The Morgan fingerprint density at radius 2 is 2.25 bits per heavy atom. The second kappa shape index (κ2) is 5.87. The lowest BCUT2D eigenvalue weighted by Gasteiger charge is -2.05. The molecule has 1 heterocycles. The van der Waals surface area contributed by atoms with E-state index in [4.69, 9.17) is 4.74 Å². The molecule has 0 aliphatic rings. The molecule has 7 nitrogen and oxygen atoms in total. The number of aromatic amines is 1. The van der Waals surface area contributed by atoms with E-state index in [-0.39, 0.29) is 29.3 Å². The maximum Gasteiger partial charge on any atom is 0.343 e. The summed E-state index contributed by atoms with van der Waals surface area (Å²) in [5.41, 5.74) is 0.398. The van der Waals surface area contributed by atoms with Crippen LogP contribution in [0.2, 0.25) is 0 Å². The maximum atomic E-state index is 12.0. The van der Waals surface area contributed by atoms with Gasteiger partial charge in [-0.25, -0.2) is 4.79 Å². The van der Waals surface area contributed by atoms with E-state index >= 15 is 0 Å². The number of amides is 1. The highest BCUT2D eigenvalue weighted by Gasteiger charge is 2.17. The first-order valence-corrected chi connectivity index (χ1v) is 5.92. The fraction of sp³-hybridized carbons (Fsp3) is 0.154. The lowest BCUT2D eigenvalue weighted by molar-refractivity contribution is 0.0527. The number of hydrogen-bond acceptors (Lipinski definition) is 5. The molecule has 1 aromatic heterocycles. The number of aromatic hydroxyl groups is 1. The van der Waals surface area contributed by atoms with E-state index < -0.39 is 11.9 Å². The zero-order valence-corrected chi connectivity index (χ0v) is 10.7. The first-order chi connectivity index (χ1) is 9.61. The molecular formula is C13H13N3O4. The molecule has 0 fully saturated rings. The van der Waals surface area contributed by atoms with Crippen molar-refractivity contribution in [2.45, 2.75) is 6.92 Å². The van der Waals surface area contributed by atoms with Crippen molar-refractivity contribution in [3.05, 3.63) is 41.6 Å². The molecule has 0 spiro atoms. The fourth-order valence-corrected chi connectivity index (χ4v) is 1.58. The normalized spacial score (nSPS) is 10.1. The van der Waals surface area contributed by atoms with Gasteiger partial charge in [0.1, 0.15) is 17.1 Å². The van der Waals surface area contributed by atoms with Gasteiger partial charge < -0.3 is 15.2 Å². The van der Waals surface area contributed by atoms with Gasteiger partial charge in [-0.15, -0.1) is 0 Å². The molecule has 0 radical (unpaired) electrons. The van der Waals surface area contributed by atoms with Crippen molar-refractivity contribution in [3.63, 3.8) is 0 Å². The van der Waals surface area contributed by atoms with Crippen LogP contribution in [0.3, 0.4) is 0 Å². The minimum absolute atomic E-state index is 0.0205. The number of benzene rings is 1. The number of anilines is 1. The Hall–Kier alpha value is -2.83. The average Bonchev–Trinajstić information content (AvgIpc) is 2.87. The largest absolute Gasteiger partial charge is 0.508 e. The van der Waals surface area contributed by atoms with Crippen molar-refractivity contribution in [2.24, 2.45) is 0 Å². The van der Waals surface area contributed by atoms with Gasteiger partial charge in [0.25, 0.3) is 5.91 Å². The minimum Gasteiger partial charge on any atom is -0.508 e. The van der Waals surface area contributed by atoms with Gasteiger partial charge in [-0.05, 0) is 25.1 Å². The average molecular weight is 275 g/mol. The van der Waals surface area contributed by atoms with Crippen LogP contribution >= 0.6 is 0 Å². The molecule has 3 N–H and O–H groups in total. The number of nitrogens with one attached hydrogen (secondary N) is 2. The number of rotatable bonds is 4. The monoisotopic (exact) mass is 275 g/mol. The van der Waals surface area contributed by atoms with E-state index in [1.54, 1.807) is 13.0 Å². The summed E-state index contributed by atoms with van der Waals surface area (Å²) >= 11 is 0. The van der Waals surface area contributed by atoms with Gasteiger partial charge in [0.05, 0.1) is 12.8 Å². The molecule has 7 heteroatoms. The minimum atomic E-state index is -0.576. The van der Waals surface area contributed by atoms with Crippen LogP contribution in [0.4, 0.5) is 5.82 Å². The van der Waals surface area contributed by atoms with Gasteiger partial charge in [-0.1, -0.05) is 6.07 Å². The standard InChI is InChI=1S/C13H13N3O4/c1-2-20-13(19)10-7-14-16-11(10)15-12(18)8-4-3-5-9(17)6-8/h3-7,17H,2H2,1H3,(H2,14,15,16,18). The number of hydrogen-bond donors (Lipinski definition) is 3. The Morgan fingerprint density at radius 1 is 1.45 bits per heavy atom. The van der Waals surface area contributed by atoms with Crippen LogP contribution in [0, 0.1) is 0 Å². The van der Waals surface area contributed by atoms with Crippen LogP contribution in [0.1, 0.15) is 27.6 Å². The lowest BCUT2D eigenvalue weighted by Crippen LogP contribution is -2.15. The van der Waals surface area contributed by atoms with Crippen LogP contribution < -0.4 is 5.32 Å². The van der Waals surface area contributed by atoms with Gasteiger partial charge in [0.15, 0.2) is 0 Å². The third-order valence-corrected chi connectivity index (χ3v) is 2.48. The number of esters is 1. The predicted octanol–water partition coefficient (Wildman–Crippen LogP) is 1.54. The second-order valence-electron chi connectivity index (χ2n) is 3.88. The second-order valence-corrected chi connectivity index (χ2v) is 3.88. The molecule has 0 aliphatic heterocycles.